The van der Waals surface area contributed by atoms with Crippen molar-refractivity contribution in [3.8, 4) is 0 Å². The largest absolute Gasteiger partial charge is 0.364 e. The normalized spacial score (nSPS) is 27.1. The Bertz CT molecular complexity index is 1100. The fourth-order valence-electron chi connectivity index (χ4n) is 5.51. The highest BCUT2D eigenvalue weighted by atomic mass is 16.2. The number of carbonyl (C=O) groups is 3. The third-order valence-corrected chi connectivity index (χ3v) is 7.07. The Morgan fingerprint density at radius 2 is 2.00 bits per heavy atom. The van der Waals surface area contributed by atoms with Crippen LogP contribution in [0.2, 0.25) is 0 Å². The van der Waals surface area contributed by atoms with Crippen molar-refractivity contribution in [2.24, 2.45) is 17.6 Å². The van der Waals surface area contributed by atoms with Crippen molar-refractivity contribution < 1.29 is 14.4 Å². The summed E-state index contributed by atoms with van der Waals surface area (Å²) in [6.07, 6.45) is 7.81. The van der Waals surface area contributed by atoms with Crippen LogP contribution in [-0.2, 0) is 16.1 Å². The predicted molar refractivity (Wildman–Crippen MR) is 116 cm³/mol. The minimum absolute atomic E-state index is 0.00321. The Morgan fingerprint density at radius 1 is 1.19 bits per heavy atom. The number of amides is 2. The number of benzene rings is 1. The molecule has 1 aromatic heterocycles. The second-order valence-electron chi connectivity index (χ2n) is 9.34. The number of hydrogen-bond acceptors (Lipinski definition) is 4. The molecule has 4 atom stereocenters. The molecule has 2 aromatic rings. The Hall–Kier alpha value is -2.96. The Kier molecular flexibility index (Phi) is 4.91. The van der Waals surface area contributed by atoms with Gasteiger partial charge in [-0.25, -0.2) is 0 Å². The molecule has 0 radical (unpaired) electrons. The van der Waals surface area contributed by atoms with Crippen molar-refractivity contribution in [2.75, 3.05) is 0 Å². The highest BCUT2D eigenvalue weighted by Crippen LogP contribution is 2.48. The molecule has 0 bridgehead atoms. The molecule has 5 rings (SSSR count). The number of piperidine rings is 1. The van der Waals surface area contributed by atoms with Crippen LogP contribution in [0, 0.1) is 11.8 Å². The summed E-state index contributed by atoms with van der Waals surface area (Å²) in [7, 11) is 0. The summed E-state index contributed by atoms with van der Waals surface area (Å²) in [5, 5.41) is 4.95. The molecular weight excluding hydrogens is 392 g/mol. The van der Waals surface area contributed by atoms with Crippen LogP contribution in [0.25, 0.3) is 10.9 Å². The van der Waals surface area contributed by atoms with E-state index in [1.54, 1.807) is 10.7 Å². The Morgan fingerprint density at radius 3 is 2.77 bits per heavy atom. The maximum absolute atomic E-state index is 13.3. The van der Waals surface area contributed by atoms with Gasteiger partial charge in [-0.15, -0.1) is 0 Å². The molecule has 162 valence electrons. The van der Waals surface area contributed by atoms with E-state index in [0.29, 0.717) is 29.2 Å². The molecule has 0 spiro atoms. The minimum atomic E-state index is -0.616. The summed E-state index contributed by atoms with van der Waals surface area (Å²) < 4.78 is 1.54. The number of aromatic nitrogens is 2. The van der Waals surface area contributed by atoms with Crippen molar-refractivity contribution in [3.05, 3.63) is 41.6 Å². The third-order valence-electron chi connectivity index (χ3n) is 7.07. The van der Waals surface area contributed by atoms with E-state index in [4.69, 9.17) is 5.73 Å². The van der Waals surface area contributed by atoms with E-state index in [0.717, 1.165) is 32.1 Å². The lowest BCUT2D eigenvalue weighted by molar-refractivity contribution is -0.139. The summed E-state index contributed by atoms with van der Waals surface area (Å²) in [6, 6.07) is 7.10. The van der Waals surface area contributed by atoms with E-state index in [1.807, 2.05) is 23.1 Å². The predicted octanol–water partition coefficient (Wildman–Crippen LogP) is 2.83. The van der Waals surface area contributed by atoms with Gasteiger partial charge in [0, 0.05) is 17.8 Å². The molecule has 2 heterocycles. The fraction of sp³-hybridized carbons (Fsp3) is 0.500. The SMILES string of the molecule is CC1=CC(CC(=O)[C@@H]2C[C@H]3C[C@H]3N2C(=O)Cn2nc(C(N)=O)c3ccccc32)CCC1. The number of rotatable bonds is 6. The molecule has 1 aromatic carbocycles. The maximum atomic E-state index is 13.3. The number of likely N-dealkylation sites (tertiary alicyclic amines) is 1. The van der Waals surface area contributed by atoms with Crippen LogP contribution in [-0.4, -0.2) is 44.4 Å². The Labute approximate surface area is 181 Å². The van der Waals surface area contributed by atoms with E-state index in [2.05, 4.69) is 18.1 Å². The van der Waals surface area contributed by atoms with Crippen LogP contribution in [0.1, 0.15) is 55.9 Å². The average Bonchev–Trinajstić information content (AvgIpc) is 3.24. The molecule has 2 aliphatic carbocycles. The first-order chi connectivity index (χ1) is 14.9. The van der Waals surface area contributed by atoms with Crippen LogP contribution in [0.15, 0.2) is 35.9 Å². The molecule has 7 heteroatoms. The van der Waals surface area contributed by atoms with Crippen LogP contribution in [0.3, 0.4) is 0 Å². The number of hydrogen-bond donors (Lipinski definition) is 1. The smallest absolute Gasteiger partial charge is 0.269 e. The lowest BCUT2D eigenvalue weighted by Crippen LogP contribution is -2.45. The van der Waals surface area contributed by atoms with Gasteiger partial charge in [0.05, 0.1) is 11.6 Å². The van der Waals surface area contributed by atoms with Gasteiger partial charge in [0.1, 0.15) is 6.54 Å². The molecule has 1 aliphatic heterocycles. The lowest BCUT2D eigenvalue weighted by atomic mass is 9.86. The zero-order chi connectivity index (χ0) is 21.7. The highest BCUT2D eigenvalue weighted by molar-refractivity contribution is 6.04. The number of para-hydroxylation sites is 1. The number of fused-ring (bicyclic) bond motifs is 2. The number of nitrogens with zero attached hydrogens (tertiary/aromatic N) is 3. The number of carbonyl (C=O) groups excluding carboxylic acids is 3. The van der Waals surface area contributed by atoms with Crippen LogP contribution < -0.4 is 5.73 Å². The first kappa shape index (κ1) is 20.0. The lowest BCUT2D eigenvalue weighted by Gasteiger charge is -2.28. The van der Waals surface area contributed by atoms with Crippen molar-refractivity contribution in [1.29, 1.82) is 0 Å². The molecule has 2 fully saturated rings. The standard InChI is InChI=1S/C24H28N4O3/c1-14-5-4-6-15(9-14)10-21(29)20-12-16-11-19(16)28(20)22(30)13-27-18-8-3-2-7-17(18)23(26-27)24(25)31/h2-3,7-9,15-16,19-20H,4-6,10-13H2,1H3,(H2,25,31)/t15?,16-,19-,20+/m1/s1. The van der Waals surface area contributed by atoms with Gasteiger partial charge < -0.3 is 10.6 Å². The van der Waals surface area contributed by atoms with E-state index in [9.17, 15) is 14.4 Å². The monoisotopic (exact) mass is 420 g/mol. The first-order valence-corrected chi connectivity index (χ1v) is 11.2. The summed E-state index contributed by atoms with van der Waals surface area (Å²) >= 11 is 0. The van der Waals surface area contributed by atoms with Gasteiger partial charge in [0.2, 0.25) is 5.91 Å². The van der Waals surface area contributed by atoms with Crippen LogP contribution in [0.5, 0.6) is 0 Å². The first-order valence-electron chi connectivity index (χ1n) is 11.2. The summed E-state index contributed by atoms with van der Waals surface area (Å²) in [4.78, 5) is 40.1. The molecule has 1 saturated heterocycles. The Balaban J connectivity index is 1.35. The van der Waals surface area contributed by atoms with Crippen molar-refractivity contribution in [1.82, 2.24) is 14.7 Å². The quantitative estimate of drug-likeness (QED) is 0.727. The van der Waals surface area contributed by atoms with Gasteiger partial charge in [0.15, 0.2) is 11.5 Å². The maximum Gasteiger partial charge on any atom is 0.269 e. The van der Waals surface area contributed by atoms with Crippen molar-refractivity contribution >= 4 is 28.5 Å². The number of primary amides is 1. The molecule has 3 aliphatic rings. The van der Waals surface area contributed by atoms with E-state index < -0.39 is 5.91 Å². The second kappa shape index (κ2) is 7.62. The summed E-state index contributed by atoms with van der Waals surface area (Å²) in [5.74, 6) is 0.192. The van der Waals surface area contributed by atoms with Crippen molar-refractivity contribution in [2.45, 2.75) is 64.1 Å². The number of ketones is 1. The van der Waals surface area contributed by atoms with Gasteiger partial charge in [0.25, 0.3) is 5.91 Å². The number of allylic oxidation sites excluding steroid dienone is 2. The van der Waals surface area contributed by atoms with Gasteiger partial charge in [-0.1, -0.05) is 29.8 Å². The third kappa shape index (κ3) is 3.66. The topological polar surface area (TPSA) is 98.3 Å². The molecule has 1 unspecified atom stereocenters. The summed E-state index contributed by atoms with van der Waals surface area (Å²) in [5.41, 5.74) is 7.70. The van der Waals surface area contributed by atoms with Crippen LogP contribution in [0.4, 0.5) is 0 Å². The van der Waals surface area contributed by atoms with Gasteiger partial charge in [-0.05, 0) is 56.9 Å². The second-order valence-corrected chi connectivity index (χ2v) is 9.34. The average molecular weight is 421 g/mol. The van der Waals surface area contributed by atoms with Crippen LogP contribution >= 0.6 is 0 Å². The van der Waals surface area contributed by atoms with E-state index in [1.165, 1.54) is 5.57 Å². The molecule has 31 heavy (non-hydrogen) atoms. The number of Topliss-reactive ketones (excluding diaryl/α,β-unsaturated/α-hetero) is 1. The molecule has 1 saturated carbocycles. The van der Waals surface area contributed by atoms with Crippen molar-refractivity contribution in [3.63, 3.8) is 0 Å². The molecule has 7 nitrogen and oxygen atoms in total. The van der Waals surface area contributed by atoms with Gasteiger partial charge >= 0.3 is 0 Å². The minimum Gasteiger partial charge on any atom is -0.364 e. The zero-order valence-corrected chi connectivity index (χ0v) is 17.8. The van der Waals surface area contributed by atoms with E-state index in [-0.39, 0.29) is 36.0 Å². The number of nitrogens with two attached hydrogens (primary N) is 1. The van der Waals surface area contributed by atoms with E-state index >= 15 is 0 Å². The zero-order valence-electron chi connectivity index (χ0n) is 17.8. The highest BCUT2D eigenvalue weighted by Gasteiger charge is 2.55. The van der Waals surface area contributed by atoms with Gasteiger partial charge in [-0.2, -0.15) is 5.10 Å². The molecule has 2 amide bonds. The molecular formula is C24H28N4O3. The fourth-order valence-corrected chi connectivity index (χ4v) is 5.51. The van der Waals surface area contributed by atoms with Gasteiger partial charge in [-0.3, -0.25) is 19.1 Å². The summed E-state index contributed by atoms with van der Waals surface area (Å²) in [6.45, 7) is 2.13. The molecule has 2 N–H and O–H groups in total.